The summed E-state index contributed by atoms with van der Waals surface area (Å²) in [5.74, 6) is 0.698. The van der Waals surface area contributed by atoms with Gasteiger partial charge >= 0.3 is 6.09 Å². The number of fused-ring (bicyclic) bond motifs is 1. The molecule has 0 radical (unpaired) electrons. The highest BCUT2D eigenvalue weighted by atomic mass is 79.9. The maximum Gasteiger partial charge on any atom is 0.408 e. The lowest BCUT2D eigenvalue weighted by atomic mass is 10.2. The van der Waals surface area contributed by atoms with E-state index < -0.39 is 11.7 Å². The lowest BCUT2D eigenvalue weighted by Gasteiger charge is -2.21. The number of hydrogen-bond acceptors (Lipinski definition) is 3. The second-order valence-electron chi connectivity index (χ2n) is 5.65. The molecule has 1 amide bonds. The fourth-order valence-corrected chi connectivity index (χ4v) is 2.12. The Hall–Kier alpha value is -1.56. The highest BCUT2D eigenvalue weighted by Crippen LogP contribution is 2.20. The quantitative estimate of drug-likeness (QED) is 0.871. The minimum atomic E-state index is -0.511. The summed E-state index contributed by atoms with van der Waals surface area (Å²) in [6, 6.07) is 5.54. The van der Waals surface area contributed by atoms with Crippen molar-refractivity contribution in [3.8, 4) is 0 Å². The molecule has 2 aromatic rings. The number of amides is 1. The smallest absolute Gasteiger partial charge is 0.408 e. The van der Waals surface area contributed by atoms with Crippen molar-refractivity contribution in [1.82, 2.24) is 15.3 Å². The first-order valence-electron chi connectivity index (χ1n) is 6.39. The number of hydrogen-bond donors (Lipinski definition) is 2. The number of imidazole rings is 1. The molecular formula is C14H18BrN3O2. The summed E-state index contributed by atoms with van der Waals surface area (Å²) >= 11 is 3.41. The monoisotopic (exact) mass is 339 g/mol. The largest absolute Gasteiger partial charge is 0.444 e. The van der Waals surface area contributed by atoms with E-state index in [0.29, 0.717) is 5.82 Å². The molecule has 108 valence electrons. The van der Waals surface area contributed by atoms with E-state index in [0.717, 1.165) is 15.5 Å². The van der Waals surface area contributed by atoms with Gasteiger partial charge in [0.1, 0.15) is 11.4 Å². The first kappa shape index (κ1) is 14.8. The molecule has 20 heavy (non-hydrogen) atoms. The summed E-state index contributed by atoms with van der Waals surface area (Å²) < 4.78 is 6.20. The molecule has 2 N–H and O–H groups in total. The lowest BCUT2D eigenvalue weighted by Crippen LogP contribution is -2.34. The first-order chi connectivity index (χ1) is 9.24. The molecule has 6 heteroatoms. The van der Waals surface area contributed by atoms with E-state index in [1.165, 1.54) is 0 Å². The van der Waals surface area contributed by atoms with Gasteiger partial charge in [0.25, 0.3) is 0 Å². The van der Waals surface area contributed by atoms with Crippen molar-refractivity contribution in [3.05, 3.63) is 28.5 Å². The van der Waals surface area contributed by atoms with Crippen LogP contribution in [0.25, 0.3) is 11.0 Å². The van der Waals surface area contributed by atoms with Crippen LogP contribution in [-0.2, 0) is 4.74 Å². The Balaban J connectivity index is 2.11. The highest BCUT2D eigenvalue weighted by Gasteiger charge is 2.19. The van der Waals surface area contributed by atoms with Gasteiger partial charge in [0.2, 0.25) is 0 Å². The molecule has 0 fully saturated rings. The van der Waals surface area contributed by atoms with Gasteiger partial charge in [-0.05, 0) is 45.9 Å². The third-order valence-corrected chi connectivity index (χ3v) is 3.10. The van der Waals surface area contributed by atoms with Gasteiger partial charge in [-0.1, -0.05) is 15.9 Å². The van der Waals surface area contributed by atoms with Crippen LogP contribution in [0.15, 0.2) is 22.7 Å². The number of carbonyl (C=O) groups is 1. The lowest BCUT2D eigenvalue weighted by molar-refractivity contribution is 0.0506. The Bertz CT molecular complexity index is 631. The number of rotatable bonds is 2. The Morgan fingerprint density at radius 3 is 2.80 bits per heavy atom. The van der Waals surface area contributed by atoms with Crippen LogP contribution in [-0.4, -0.2) is 21.7 Å². The molecule has 0 saturated carbocycles. The summed E-state index contributed by atoms with van der Waals surface area (Å²) in [5, 5.41) is 2.76. The van der Waals surface area contributed by atoms with Crippen LogP contribution >= 0.6 is 15.9 Å². The second-order valence-corrected chi connectivity index (χ2v) is 6.57. The van der Waals surface area contributed by atoms with E-state index in [1.54, 1.807) is 0 Å². The number of aromatic nitrogens is 2. The van der Waals surface area contributed by atoms with Crippen LogP contribution in [0.1, 0.15) is 39.6 Å². The topological polar surface area (TPSA) is 67.0 Å². The zero-order valence-electron chi connectivity index (χ0n) is 12.0. The zero-order valence-corrected chi connectivity index (χ0v) is 13.5. The van der Waals surface area contributed by atoms with Gasteiger partial charge in [-0.25, -0.2) is 9.78 Å². The molecule has 1 aromatic heterocycles. The van der Waals surface area contributed by atoms with E-state index >= 15 is 0 Å². The molecule has 1 heterocycles. The van der Waals surface area contributed by atoms with Gasteiger partial charge in [0.15, 0.2) is 0 Å². The Kier molecular flexibility index (Phi) is 4.04. The zero-order chi connectivity index (χ0) is 14.9. The molecule has 0 aliphatic heterocycles. The summed E-state index contributed by atoms with van der Waals surface area (Å²) in [5.41, 5.74) is 1.27. The van der Waals surface area contributed by atoms with Crippen molar-refractivity contribution in [2.75, 3.05) is 0 Å². The van der Waals surface area contributed by atoms with Gasteiger partial charge in [-0.2, -0.15) is 0 Å². The number of H-pyrrole nitrogens is 1. The summed E-state index contributed by atoms with van der Waals surface area (Å²) in [6.07, 6.45) is -0.452. The molecule has 0 saturated heterocycles. The average molecular weight is 340 g/mol. The number of nitrogens with zero attached hydrogens (tertiary/aromatic N) is 1. The van der Waals surface area contributed by atoms with Gasteiger partial charge in [0, 0.05) is 4.47 Å². The molecule has 0 aliphatic carbocycles. The minimum absolute atomic E-state index is 0.254. The van der Waals surface area contributed by atoms with E-state index in [1.807, 2.05) is 45.9 Å². The predicted octanol–water partition coefficient (Wildman–Crippen LogP) is 3.91. The predicted molar refractivity (Wildman–Crippen MR) is 81.6 cm³/mol. The molecule has 0 unspecified atom stereocenters. The van der Waals surface area contributed by atoms with E-state index in [4.69, 9.17) is 4.74 Å². The molecule has 5 nitrogen and oxygen atoms in total. The van der Waals surface area contributed by atoms with Crippen molar-refractivity contribution in [3.63, 3.8) is 0 Å². The van der Waals surface area contributed by atoms with E-state index in [-0.39, 0.29) is 6.04 Å². The standard InChI is InChI=1S/C14H18BrN3O2/c1-8(16-13(19)20-14(2,3)4)12-17-10-6-5-9(15)7-11(10)18-12/h5-8H,1-4H3,(H,16,19)(H,17,18)/t8-/m1/s1. The summed E-state index contributed by atoms with van der Waals surface area (Å²) in [7, 11) is 0. The van der Waals surface area contributed by atoms with Crippen molar-refractivity contribution in [2.45, 2.75) is 39.3 Å². The number of halogens is 1. The van der Waals surface area contributed by atoms with Crippen LogP contribution in [0.3, 0.4) is 0 Å². The highest BCUT2D eigenvalue weighted by molar-refractivity contribution is 9.10. The van der Waals surface area contributed by atoms with E-state index in [2.05, 4.69) is 31.2 Å². The maximum atomic E-state index is 11.7. The molecule has 0 aliphatic rings. The number of benzene rings is 1. The van der Waals surface area contributed by atoms with Gasteiger partial charge in [0.05, 0.1) is 17.1 Å². The van der Waals surface area contributed by atoms with Crippen molar-refractivity contribution < 1.29 is 9.53 Å². The Labute approximate surface area is 126 Å². The summed E-state index contributed by atoms with van der Waals surface area (Å²) in [4.78, 5) is 19.4. The SMILES string of the molecule is C[C@@H](NC(=O)OC(C)(C)C)c1nc2ccc(Br)cc2[nH]1. The molecule has 1 atom stereocenters. The van der Waals surface area contributed by atoms with Crippen LogP contribution in [0, 0.1) is 0 Å². The van der Waals surface area contributed by atoms with E-state index in [9.17, 15) is 4.79 Å². The summed E-state index contributed by atoms with van der Waals surface area (Å²) in [6.45, 7) is 7.35. The normalized spacial score (nSPS) is 13.2. The van der Waals surface area contributed by atoms with Crippen LogP contribution in [0.5, 0.6) is 0 Å². The number of aromatic amines is 1. The van der Waals surface area contributed by atoms with Gasteiger partial charge < -0.3 is 15.0 Å². The molecule has 0 spiro atoms. The first-order valence-corrected chi connectivity index (χ1v) is 7.18. The Morgan fingerprint density at radius 2 is 2.15 bits per heavy atom. The van der Waals surface area contributed by atoms with Crippen LogP contribution < -0.4 is 5.32 Å². The maximum absolute atomic E-state index is 11.7. The van der Waals surface area contributed by atoms with Crippen LogP contribution in [0.4, 0.5) is 4.79 Å². The number of carbonyl (C=O) groups excluding carboxylic acids is 1. The second kappa shape index (κ2) is 5.44. The molecular weight excluding hydrogens is 322 g/mol. The van der Waals surface area contributed by atoms with Crippen LogP contribution in [0.2, 0.25) is 0 Å². The van der Waals surface area contributed by atoms with Gasteiger partial charge in [-0.3, -0.25) is 0 Å². The number of ether oxygens (including phenoxy) is 1. The third-order valence-electron chi connectivity index (χ3n) is 2.61. The van der Waals surface area contributed by atoms with Crippen molar-refractivity contribution in [2.24, 2.45) is 0 Å². The van der Waals surface area contributed by atoms with Crippen molar-refractivity contribution in [1.29, 1.82) is 0 Å². The minimum Gasteiger partial charge on any atom is -0.444 e. The molecule has 1 aromatic carbocycles. The fourth-order valence-electron chi connectivity index (χ4n) is 1.76. The number of alkyl carbamates (subject to hydrolysis) is 1. The molecule has 0 bridgehead atoms. The number of nitrogens with one attached hydrogen (secondary N) is 2. The third kappa shape index (κ3) is 3.72. The Morgan fingerprint density at radius 1 is 1.45 bits per heavy atom. The van der Waals surface area contributed by atoms with Gasteiger partial charge in [-0.15, -0.1) is 0 Å². The van der Waals surface area contributed by atoms with Crippen molar-refractivity contribution >= 4 is 33.1 Å². The average Bonchev–Trinajstić information content (AvgIpc) is 2.68. The molecule has 2 rings (SSSR count). The fraction of sp³-hybridized carbons (Fsp3) is 0.429.